The van der Waals surface area contributed by atoms with E-state index in [1.807, 2.05) is 17.0 Å². The van der Waals surface area contributed by atoms with E-state index in [4.69, 9.17) is 9.72 Å². The summed E-state index contributed by atoms with van der Waals surface area (Å²) in [7, 11) is 1.67. The first-order valence-corrected chi connectivity index (χ1v) is 11.4. The molecule has 3 heterocycles. The highest BCUT2D eigenvalue weighted by Crippen LogP contribution is 2.32. The molecule has 1 N–H and O–H groups in total. The Morgan fingerprint density at radius 3 is 2.71 bits per heavy atom. The summed E-state index contributed by atoms with van der Waals surface area (Å²) in [6.45, 7) is 3.75. The fraction of sp³-hybridized carbons (Fsp3) is 0.542. The average molecular weight is 423 g/mol. The Bertz CT molecular complexity index is 1010. The van der Waals surface area contributed by atoms with E-state index in [2.05, 4.69) is 22.0 Å². The fourth-order valence-corrected chi connectivity index (χ4v) is 4.91. The van der Waals surface area contributed by atoms with E-state index in [9.17, 15) is 9.59 Å². The van der Waals surface area contributed by atoms with E-state index >= 15 is 0 Å². The summed E-state index contributed by atoms with van der Waals surface area (Å²) in [4.78, 5) is 37.6. The minimum atomic E-state index is -0.0248. The van der Waals surface area contributed by atoms with E-state index in [1.165, 1.54) is 12.0 Å². The lowest BCUT2D eigenvalue weighted by Gasteiger charge is -2.29. The van der Waals surface area contributed by atoms with Gasteiger partial charge in [-0.05, 0) is 37.0 Å². The van der Waals surface area contributed by atoms with Gasteiger partial charge in [0, 0.05) is 51.0 Å². The summed E-state index contributed by atoms with van der Waals surface area (Å²) in [6, 6.07) is 8.07. The van der Waals surface area contributed by atoms with Crippen LogP contribution in [0.1, 0.15) is 54.2 Å². The number of H-pyrrole nitrogens is 1. The van der Waals surface area contributed by atoms with Gasteiger partial charge in [0.1, 0.15) is 11.6 Å². The number of likely N-dealkylation sites (tertiary alicyclic amines) is 1. The molecule has 7 nitrogen and oxygen atoms in total. The van der Waals surface area contributed by atoms with Crippen LogP contribution in [0, 0.1) is 5.92 Å². The third-order valence-corrected chi connectivity index (χ3v) is 7.07. The van der Waals surface area contributed by atoms with Gasteiger partial charge in [-0.2, -0.15) is 0 Å². The van der Waals surface area contributed by atoms with Gasteiger partial charge < -0.3 is 14.6 Å². The maximum absolute atomic E-state index is 12.9. The highest BCUT2D eigenvalue weighted by Gasteiger charge is 2.35. The van der Waals surface area contributed by atoms with Crippen molar-refractivity contribution >= 4 is 5.91 Å². The largest absolute Gasteiger partial charge is 0.497 e. The molecule has 164 valence electrons. The molecule has 1 aliphatic carbocycles. The summed E-state index contributed by atoms with van der Waals surface area (Å²) in [5.74, 6) is 2.27. The zero-order valence-corrected chi connectivity index (χ0v) is 18.1. The van der Waals surface area contributed by atoms with Gasteiger partial charge in [0.15, 0.2) is 0 Å². The number of nitrogens with one attached hydrogen (secondary N) is 1. The summed E-state index contributed by atoms with van der Waals surface area (Å²) in [5.41, 5.74) is 2.88. The molecule has 31 heavy (non-hydrogen) atoms. The van der Waals surface area contributed by atoms with Crippen LogP contribution < -0.4 is 10.3 Å². The second-order valence-electron chi connectivity index (χ2n) is 9.08. The third kappa shape index (κ3) is 4.11. The molecule has 7 heteroatoms. The molecule has 1 amide bonds. The van der Waals surface area contributed by atoms with Crippen molar-refractivity contribution in [1.29, 1.82) is 0 Å². The molecule has 1 atom stereocenters. The number of hydrogen-bond acceptors (Lipinski definition) is 5. The van der Waals surface area contributed by atoms with Crippen LogP contribution in [-0.4, -0.2) is 52.4 Å². The lowest BCUT2D eigenvalue weighted by molar-refractivity contribution is -0.137. The molecule has 5 rings (SSSR count). The molecule has 0 spiro atoms. The van der Waals surface area contributed by atoms with Crippen molar-refractivity contribution in [3.63, 3.8) is 0 Å². The van der Waals surface area contributed by atoms with Crippen molar-refractivity contribution in [3.05, 3.63) is 57.3 Å². The van der Waals surface area contributed by atoms with Crippen molar-refractivity contribution in [2.24, 2.45) is 5.92 Å². The molecule has 2 fully saturated rings. The van der Waals surface area contributed by atoms with Crippen LogP contribution in [-0.2, 0) is 24.3 Å². The van der Waals surface area contributed by atoms with E-state index in [0.717, 1.165) is 68.1 Å². The maximum atomic E-state index is 12.9. The lowest BCUT2D eigenvalue weighted by atomic mass is 9.84. The SMILES string of the molecule is COc1ccc(CN2CCc3nc([C@H]4CCN(C(=O)C5CCC5)C4)[nH]c(=O)c3C2)cc1. The van der Waals surface area contributed by atoms with Gasteiger partial charge in [0.05, 0.1) is 18.4 Å². The topological polar surface area (TPSA) is 78.5 Å². The Balaban J connectivity index is 1.25. The minimum Gasteiger partial charge on any atom is -0.497 e. The van der Waals surface area contributed by atoms with Crippen LogP contribution in [0.3, 0.4) is 0 Å². The van der Waals surface area contributed by atoms with Crippen molar-refractivity contribution in [1.82, 2.24) is 19.8 Å². The zero-order valence-electron chi connectivity index (χ0n) is 18.1. The Morgan fingerprint density at radius 2 is 2.00 bits per heavy atom. The number of ether oxygens (including phenoxy) is 1. The van der Waals surface area contributed by atoms with Crippen molar-refractivity contribution in [2.75, 3.05) is 26.7 Å². The second-order valence-corrected chi connectivity index (χ2v) is 9.08. The molecule has 2 aromatic rings. The van der Waals surface area contributed by atoms with Crippen LogP contribution in [0.5, 0.6) is 5.75 Å². The van der Waals surface area contributed by atoms with Gasteiger partial charge in [0.25, 0.3) is 5.56 Å². The first-order chi connectivity index (χ1) is 15.1. The van der Waals surface area contributed by atoms with Crippen molar-refractivity contribution in [3.8, 4) is 5.75 Å². The summed E-state index contributed by atoms with van der Waals surface area (Å²) in [5, 5.41) is 0. The Hall–Kier alpha value is -2.67. The molecular weight excluding hydrogens is 392 g/mol. The van der Waals surface area contributed by atoms with Gasteiger partial charge in [-0.25, -0.2) is 4.98 Å². The molecule has 1 aromatic heterocycles. The lowest BCUT2D eigenvalue weighted by Crippen LogP contribution is -2.38. The predicted octanol–water partition coefficient (Wildman–Crippen LogP) is 2.45. The number of carbonyl (C=O) groups is 1. The van der Waals surface area contributed by atoms with E-state index in [-0.39, 0.29) is 17.4 Å². The van der Waals surface area contributed by atoms with E-state index < -0.39 is 0 Å². The van der Waals surface area contributed by atoms with E-state index in [1.54, 1.807) is 7.11 Å². The summed E-state index contributed by atoms with van der Waals surface area (Å²) in [6.07, 6.45) is 4.88. The summed E-state index contributed by atoms with van der Waals surface area (Å²) >= 11 is 0. The Kier molecular flexibility index (Phi) is 5.52. The Labute approximate surface area is 182 Å². The Morgan fingerprint density at radius 1 is 1.19 bits per heavy atom. The number of nitrogens with zero attached hydrogens (tertiary/aromatic N) is 3. The normalized spacial score (nSPS) is 21.6. The van der Waals surface area contributed by atoms with Crippen LogP contribution >= 0.6 is 0 Å². The third-order valence-electron chi connectivity index (χ3n) is 7.07. The number of aromatic amines is 1. The quantitative estimate of drug-likeness (QED) is 0.801. The van der Waals surface area contributed by atoms with Gasteiger partial charge in [-0.1, -0.05) is 18.6 Å². The van der Waals surface area contributed by atoms with Crippen LogP contribution in [0.15, 0.2) is 29.1 Å². The van der Waals surface area contributed by atoms with Crippen LogP contribution in [0.4, 0.5) is 0 Å². The average Bonchev–Trinajstić information content (AvgIpc) is 3.24. The van der Waals surface area contributed by atoms with Crippen LogP contribution in [0.2, 0.25) is 0 Å². The van der Waals surface area contributed by atoms with Gasteiger partial charge >= 0.3 is 0 Å². The fourth-order valence-electron chi connectivity index (χ4n) is 4.91. The molecule has 0 unspecified atom stereocenters. The smallest absolute Gasteiger partial charge is 0.255 e. The zero-order chi connectivity index (χ0) is 21.4. The number of methoxy groups -OCH3 is 1. The number of benzene rings is 1. The summed E-state index contributed by atoms with van der Waals surface area (Å²) < 4.78 is 5.23. The number of carbonyl (C=O) groups excluding carboxylic acids is 1. The molecule has 1 saturated heterocycles. The standard InChI is InChI=1S/C24H30N4O3/c1-31-19-7-5-16(6-8-19)13-27-11-10-21-20(15-27)23(29)26-22(25-21)18-9-12-28(14-18)24(30)17-3-2-4-17/h5-8,17-18H,2-4,9-15H2,1H3,(H,25,26,29)/t18-/m0/s1. The second kappa shape index (κ2) is 8.46. The first-order valence-electron chi connectivity index (χ1n) is 11.4. The molecule has 1 aromatic carbocycles. The molecular formula is C24H30N4O3. The highest BCUT2D eigenvalue weighted by molar-refractivity contribution is 5.80. The number of fused-ring (bicyclic) bond motifs is 1. The molecule has 0 bridgehead atoms. The van der Waals surface area contributed by atoms with Crippen LogP contribution in [0.25, 0.3) is 0 Å². The van der Waals surface area contributed by atoms with Gasteiger partial charge in [-0.3, -0.25) is 14.5 Å². The van der Waals surface area contributed by atoms with Crippen molar-refractivity contribution in [2.45, 2.75) is 51.1 Å². The minimum absolute atomic E-state index is 0.0248. The van der Waals surface area contributed by atoms with E-state index in [0.29, 0.717) is 19.0 Å². The molecule has 1 saturated carbocycles. The monoisotopic (exact) mass is 422 g/mol. The first kappa shape index (κ1) is 20.2. The molecule has 0 radical (unpaired) electrons. The highest BCUT2D eigenvalue weighted by atomic mass is 16.5. The molecule has 3 aliphatic rings. The number of aromatic nitrogens is 2. The van der Waals surface area contributed by atoms with Gasteiger partial charge in [-0.15, -0.1) is 0 Å². The number of rotatable bonds is 5. The van der Waals surface area contributed by atoms with Crippen molar-refractivity contribution < 1.29 is 9.53 Å². The maximum Gasteiger partial charge on any atom is 0.255 e. The predicted molar refractivity (Wildman–Crippen MR) is 117 cm³/mol. The number of hydrogen-bond donors (Lipinski definition) is 1. The van der Waals surface area contributed by atoms with Gasteiger partial charge in [0.2, 0.25) is 5.91 Å². The number of amides is 1. The molecule has 2 aliphatic heterocycles.